The van der Waals surface area contributed by atoms with Crippen molar-refractivity contribution in [3.63, 3.8) is 0 Å². The normalized spacial score (nSPS) is 38.8. The third-order valence-electron chi connectivity index (χ3n) is 28.0. The molecule has 39 nitrogen and oxygen atoms in total. The summed E-state index contributed by atoms with van der Waals surface area (Å²) in [4.78, 5) is 215. The minimum absolute atomic E-state index is 0.0430. The molecule has 0 aromatic carbocycles. The number of nitriles is 1. The summed E-state index contributed by atoms with van der Waals surface area (Å²) < 4.78 is 91.9. The number of carbonyl (C=O) groups excluding carboxylic acids is 18. The fourth-order valence-electron chi connectivity index (χ4n) is 22.6. The molecule has 0 N–H and O–H groups in total. The maximum atomic E-state index is 11.9. The second-order valence-corrected chi connectivity index (χ2v) is 35.8. The second-order valence-electron chi connectivity index (χ2n) is 35.8. The van der Waals surface area contributed by atoms with Gasteiger partial charge >= 0.3 is 119 Å². The molecule has 6 saturated heterocycles. The molecule has 126 heavy (non-hydrogen) atoms. The van der Waals surface area contributed by atoms with Gasteiger partial charge in [-0.1, -0.05) is 46.4 Å². The van der Waals surface area contributed by atoms with Gasteiger partial charge < -0.3 is 85.3 Å². The van der Waals surface area contributed by atoms with Crippen LogP contribution in [0, 0.1) is 129 Å². The van der Waals surface area contributed by atoms with E-state index < -0.39 is 182 Å². The first-order valence-corrected chi connectivity index (χ1v) is 41.0. The van der Waals surface area contributed by atoms with Crippen LogP contribution in [0.2, 0.25) is 0 Å². The SMILES string of the molecule is C=C(C)C(=O)OCC(=O)OC1C2CC3C1OC(=O)C3(C)C2.C=C(C)C(=O)OCC(=O)OC1C2OC(=O)C3CC1(C#N)CC32.C=CC(=O)OCC(=O)OC1C2CC3C1OC(=O)C3(C)C2.C=CC(=O)OCC(=O)OC1C2OC(=O)C3CC1(C)CC32.[C-]#[N+]C12OC(=O)C3CC(CC31)C2OC(=O)COC(=O)C(=C)C.[C-]#[N+]C12OC(=O)C3CC(CC31)C2OC(=O)COC(=O)C=C. The lowest BCUT2D eigenvalue weighted by atomic mass is 9.75. The molecule has 12 aliphatic carbocycles. The van der Waals surface area contributed by atoms with Crippen LogP contribution in [0.1, 0.15) is 119 Å². The Hall–Kier alpha value is -12.6. The second kappa shape index (κ2) is 34.7. The zero-order valence-electron chi connectivity index (χ0n) is 69.6. The van der Waals surface area contributed by atoms with Gasteiger partial charge in [-0.2, -0.15) is 5.26 Å². The van der Waals surface area contributed by atoms with E-state index in [0.717, 1.165) is 37.5 Å². The van der Waals surface area contributed by atoms with Crippen LogP contribution < -0.4 is 0 Å². The fraction of sp³-hybridized carbons (Fsp3) is 0.621. The van der Waals surface area contributed by atoms with E-state index in [1.807, 2.05) is 20.8 Å². The molecule has 12 bridgehead atoms. The molecule has 0 radical (unpaired) electrons. The van der Waals surface area contributed by atoms with Crippen molar-refractivity contribution in [2.24, 2.45) is 105 Å². The van der Waals surface area contributed by atoms with Gasteiger partial charge in [0, 0.05) is 87.7 Å². The first kappa shape index (κ1) is 91.1. The third kappa shape index (κ3) is 16.3. The Bertz CT molecular complexity index is 4850. The predicted molar refractivity (Wildman–Crippen MR) is 407 cm³/mol. The van der Waals surface area contributed by atoms with Gasteiger partial charge in [0.25, 0.3) is 0 Å². The maximum Gasteiger partial charge on any atom is 0.418 e. The molecule has 0 aromatic heterocycles. The van der Waals surface area contributed by atoms with Crippen LogP contribution in [0.25, 0.3) is 9.69 Å². The van der Waals surface area contributed by atoms with Gasteiger partial charge in [0.2, 0.25) is 12.2 Å². The van der Waals surface area contributed by atoms with Crippen molar-refractivity contribution in [3.8, 4) is 6.07 Å². The maximum absolute atomic E-state index is 11.9. The number of fused-ring (bicyclic) bond motifs is 6. The van der Waals surface area contributed by atoms with Gasteiger partial charge in [0.15, 0.2) is 45.7 Å². The van der Waals surface area contributed by atoms with Crippen LogP contribution in [0.5, 0.6) is 0 Å². The summed E-state index contributed by atoms with van der Waals surface area (Å²) >= 11 is 0. The largest absolute Gasteiger partial charge is 0.458 e. The van der Waals surface area contributed by atoms with Gasteiger partial charge in [0.1, 0.15) is 42.7 Å². The van der Waals surface area contributed by atoms with E-state index in [2.05, 4.69) is 69.4 Å². The highest BCUT2D eigenvalue weighted by Gasteiger charge is 2.81. The Morgan fingerprint density at radius 1 is 0.405 bits per heavy atom. The number of rotatable bonds is 24. The number of hydrogen-bond donors (Lipinski definition) is 0. The summed E-state index contributed by atoms with van der Waals surface area (Å²) in [5, 5.41) is 9.46. The van der Waals surface area contributed by atoms with Crippen LogP contribution in [0.4, 0.5) is 0 Å². The lowest BCUT2D eigenvalue weighted by molar-refractivity contribution is -0.175. The van der Waals surface area contributed by atoms with Gasteiger partial charge in [-0.05, 0) is 112 Å². The highest BCUT2D eigenvalue weighted by Crippen LogP contribution is 2.68. The number of carbonyl (C=O) groups is 18. The van der Waals surface area contributed by atoms with Crippen molar-refractivity contribution in [3.05, 3.63) is 97.3 Å². The van der Waals surface area contributed by atoms with Gasteiger partial charge in [0.05, 0.1) is 57.8 Å². The van der Waals surface area contributed by atoms with Crippen LogP contribution >= 0.6 is 0 Å². The van der Waals surface area contributed by atoms with E-state index in [-0.39, 0.29) is 159 Å². The van der Waals surface area contributed by atoms with Crippen LogP contribution in [-0.2, 0) is 172 Å². The quantitative estimate of drug-likeness (QED) is 0.0570. The number of ether oxygens (including phenoxy) is 18. The summed E-state index contributed by atoms with van der Waals surface area (Å²) in [7, 11) is 0. The summed E-state index contributed by atoms with van der Waals surface area (Å²) in [6, 6.07) is 2.20. The molecule has 6 aliphatic heterocycles. The molecular formula is C87H93N3O36. The third-order valence-corrected chi connectivity index (χ3v) is 28.0. The lowest BCUT2D eigenvalue weighted by Gasteiger charge is -2.32. The van der Waals surface area contributed by atoms with Crippen molar-refractivity contribution < 1.29 is 172 Å². The molecule has 0 spiro atoms. The van der Waals surface area contributed by atoms with Crippen molar-refractivity contribution in [2.45, 2.75) is 191 Å². The lowest BCUT2D eigenvalue weighted by Crippen LogP contribution is -2.46. The Labute approximate surface area is 719 Å². The minimum atomic E-state index is -1.39. The standard InChI is InChI=1S/2C15H15NO6.C15H18O6.C14H13NO6.2C14H16O6/c1-7(2)13(18)20-6-11(17)21-12-8-4-9-10(5-8)15(12,16-3)22-14(9)19;1-7(2)13(18)20-5-10(17)21-12-11-8-3-15(12,6-16)4-9(8)14(19)22-11;1-7(2)13(17)19-6-10(16)20-11-8-4-9-12(11)21-14(18)15(9,3)5-8;1-3-10(16)19-6-11(17)20-12-7-4-8-9(5-7)14(12,15-2)21-13(8)18;1-3-9(15)18-6-10(16)19-12-11-7-4-14(12,2)5-8(7)13(17)20-11;1-3-9(15)18-6-10(16)19-11-7-4-8-12(11)20-13(17)14(8,2)5-7/h8-10,12H,1,4-6H2,2H3;8-9,11-12H,1,3-5H2,2H3;8-9,11-12H,1,4-6H2,2-3H3;3,7-9,12H,1,4-6H2;2*3,7-8,11-12H,1,4-6H2,2H3. The summed E-state index contributed by atoms with van der Waals surface area (Å²) in [5.41, 5.74) is -4.11. The van der Waals surface area contributed by atoms with E-state index in [1.165, 1.54) is 20.8 Å². The van der Waals surface area contributed by atoms with Gasteiger partial charge in [-0.25, -0.2) is 70.7 Å². The Kier molecular flexibility index (Phi) is 25.1. The van der Waals surface area contributed by atoms with Crippen molar-refractivity contribution in [2.75, 3.05) is 39.6 Å². The zero-order valence-corrected chi connectivity index (χ0v) is 69.6. The van der Waals surface area contributed by atoms with Gasteiger partial charge in [-0.3, -0.25) is 38.5 Å². The molecule has 30 atom stereocenters. The van der Waals surface area contributed by atoms with E-state index in [4.69, 9.17) is 84.2 Å². The molecule has 12 saturated carbocycles. The molecular weight excluding hydrogens is 1660 g/mol. The summed E-state index contributed by atoms with van der Waals surface area (Å²) in [6.07, 6.45) is 5.57. The smallest absolute Gasteiger partial charge is 0.418 e. The predicted octanol–water partition coefficient (Wildman–Crippen LogP) is 3.98. The monoisotopic (exact) mass is 1760 g/mol. The Balaban J connectivity index is 0.000000130. The fourth-order valence-corrected chi connectivity index (χ4v) is 22.6. The topological polar surface area (TPSA) is 506 Å². The highest BCUT2D eigenvalue weighted by molar-refractivity contribution is 5.91. The molecule has 6 heterocycles. The first-order valence-electron chi connectivity index (χ1n) is 41.0. The summed E-state index contributed by atoms with van der Waals surface area (Å²) in [5.74, 6) is -10.5. The van der Waals surface area contributed by atoms with E-state index in [9.17, 15) is 91.6 Å². The number of esters is 18. The van der Waals surface area contributed by atoms with Crippen LogP contribution in [0.15, 0.2) is 74.4 Å². The van der Waals surface area contributed by atoms with E-state index in [0.29, 0.717) is 57.8 Å². The average molecular weight is 1760 g/mol. The van der Waals surface area contributed by atoms with Crippen LogP contribution in [-0.4, -0.2) is 220 Å². The molecule has 0 amide bonds. The first-order chi connectivity index (χ1) is 59.5. The Morgan fingerprint density at radius 3 is 1.10 bits per heavy atom. The molecule has 18 rings (SSSR count). The average Bonchev–Trinajstić information content (AvgIpc) is 1.43. The number of nitrogens with zero attached hydrogens (tertiary/aromatic N) is 3. The molecule has 18 aliphatic rings. The molecule has 39 heteroatoms. The summed E-state index contributed by atoms with van der Waals surface area (Å²) in [6.45, 7) is 41.9. The van der Waals surface area contributed by atoms with Crippen molar-refractivity contribution >= 4 is 107 Å². The number of hydrogen-bond acceptors (Lipinski definition) is 37. The molecule has 672 valence electrons. The molecule has 18 fully saturated rings. The highest BCUT2D eigenvalue weighted by atomic mass is 16.7. The van der Waals surface area contributed by atoms with Gasteiger partial charge in [-0.15, -0.1) is 0 Å². The van der Waals surface area contributed by atoms with Crippen molar-refractivity contribution in [1.82, 2.24) is 0 Å². The van der Waals surface area contributed by atoms with Crippen molar-refractivity contribution in [1.29, 1.82) is 5.26 Å². The van der Waals surface area contributed by atoms with E-state index >= 15 is 0 Å². The molecule has 0 aromatic rings. The zero-order chi connectivity index (χ0) is 91.7. The van der Waals surface area contributed by atoms with E-state index in [1.54, 1.807) is 0 Å². The van der Waals surface area contributed by atoms with Crippen LogP contribution in [0.3, 0.4) is 0 Å². The molecule has 30 unspecified atom stereocenters. The Morgan fingerprint density at radius 2 is 0.738 bits per heavy atom. The minimum Gasteiger partial charge on any atom is -0.458 e.